The lowest BCUT2D eigenvalue weighted by molar-refractivity contribution is -0.122. The molecule has 0 radical (unpaired) electrons. The molecule has 0 saturated carbocycles. The zero-order valence-electron chi connectivity index (χ0n) is 13.5. The lowest BCUT2D eigenvalue weighted by Gasteiger charge is -2.33. The molecule has 0 unspecified atom stereocenters. The van der Waals surface area contributed by atoms with E-state index >= 15 is 0 Å². The first-order valence-electron chi connectivity index (χ1n) is 8.20. The number of piperidine rings is 1. The van der Waals surface area contributed by atoms with Crippen molar-refractivity contribution in [1.29, 1.82) is 0 Å². The molecule has 4 nitrogen and oxygen atoms in total. The highest BCUT2D eigenvalue weighted by atomic mass is 35.5. The van der Waals surface area contributed by atoms with Gasteiger partial charge in [-0.3, -0.25) is 4.79 Å². The highest BCUT2D eigenvalue weighted by Gasteiger charge is 2.23. The highest BCUT2D eigenvalue weighted by Crippen LogP contribution is 2.24. The third-order valence-electron chi connectivity index (χ3n) is 4.38. The van der Waals surface area contributed by atoms with Crippen LogP contribution in [0.1, 0.15) is 23.3 Å². The Morgan fingerprint density at radius 2 is 2.04 bits per heavy atom. The SMILES string of the molecule is NC(=O)[C@@H]1CCCN(c2ccc(CNCc3ccc(Cl)s3)cc2)C1. The van der Waals surface area contributed by atoms with Gasteiger partial charge in [0.2, 0.25) is 5.91 Å². The van der Waals surface area contributed by atoms with Gasteiger partial charge in [-0.2, -0.15) is 0 Å². The number of nitrogens with two attached hydrogens (primary N) is 1. The maximum atomic E-state index is 11.4. The number of amides is 1. The number of thiophene rings is 1. The largest absolute Gasteiger partial charge is 0.371 e. The Morgan fingerprint density at radius 1 is 1.25 bits per heavy atom. The van der Waals surface area contributed by atoms with Gasteiger partial charge in [0.25, 0.3) is 0 Å². The fourth-order valence-corrected chi connectivity index (χ4v) is 4.10. The molecule has 1 aliphatic heterocycles. The molecule has 0 bridgehead atoms. The van der Waals surface area contributed by atoms with Gasteiger partial charge in [0.15, 0.2) is 0 Å². The lowest BCUT2D eigenvalue weighted by atomic mass is 9.97. The molecule has 1 aliphatic rings. The number of halogens is 1. The third-order valence-corrected chi connectivity index (χ3v) is 5.61. The van der Waals surface area contributed by atoms with Crippen molar-refractivity contribution in [3.8, 4) is 0 Å². The van der Waals surface area contributed by atoms with Crippen molar-refractivity contribution in [2.45, 2.75) is 25.9 Å². The Labute approximate surface area is 151 Å². The van der Waals surface area contributed by atoms with Crippen molar-refractivity contribution in [2.24, 2.45) is 11.7 Å². The van der Waals surface area contributed by atoms with E-state index in [1.807, 2.05) is 6.07 Å². The second-order valence-corrected chi connectivity index (χ2v) is 7.96. The molecule has 1 saturated heterocycles. The molecular weight excluding hydrogens is 342 g/mol. The van der Waals surface area contributed by atoms with Crippen LogP contribution in [0.4, 0.5) is 5.69 Å². The van der Waals surface area contributed by atoms with Crippen LogP contribution in [0.15, 0.2) is 36.4 Å². The van der Waals surface area contributed by atoms with Crippen LogP contribution in [0.5, 0.6) is 0 Å². The summed E-state index contributed by atoms with van der Waals surface area (Å²) >= 11 is 7.54. The number of hydrogen-bond donors (Lipinski definition) is 2. The van der Waals surface area contributed by atoms with E-state index in [1.54, 1.807) is 11.3 Å². The molecule has 24 heavy (non-hydrogen) atoms. The Kier molecular flexibility index (Phi) is 5.76. The molecule has 6 heteroatoms. The summed E-state index contributed by atoms with van der Waals surface area (Å²) in [6.07, 6.45) is 1.92. The molecular formula is C18H22ClN3OS. The van der Waals surface area contributed by atoms with E-state index in [0.29, 0.717) is 0 Å². The summed E-state index contributed by atoms with van der Waals surface area (Å²) in [5.41, 5.74) is 7.86. The minimum atomic E-state index is -0.186. The van der Waals surface area contributed by atoms with Crippen LogP contribution in [0, 0.1) is 5.92 Å². The van der Waals surface area contributed by atoms with Gasteiger partial charge >= 0.3 is 0 Å². The predicted molar refractivity (Wildman–Crippen MR) is 100 cm³/mol. The Hall–Kier alpha value is -1.56. The summed E-state index contributed by atoms with van der Waals surface area (Å²) in [7, 11) is 0. The average molecular weight is 364 g/mol. The van der Waals surface area contributed by atoms with E-state index in [-0.39, 0.29) is 11.8 Å². The first kappa shape index (κ1) is 17.3. The first-order chi connectivity index (χ1) is 11.6. The van der Waals surface area contributed by atoms with E-state index < -0.39 is 0 Å². The van der Waals surface area contributed by atoms with Gasteiger partial charge in [-0.05, 0) is 42.7 Å². The van der Waals surface area contributed by atoms with Gasteiger partial charge in [0.1, 0.15) is 0 Å². The van der Waals surface area contributed by atoms with Crippen molar-refractivity contribution in [2.75, 3.05) is 18.0 Å². The van der Waals surface area contributed by atoms with E-state index in [2.05, 4.69) is 40.5 Å². The Bertz CT molecular complexity index is 686. The molecule has 1 aromatic carbocycles. The topological polar surface area (TPSA) is 58.4 Å². The number of hydrogen-bond acceptors (Lipinski definition) is 4. The number of carbonyl (C=O) groups excluding carboxylic acids is 1. The van der Waals surface area contributed by atoms with Gasteiger partial charge in [0.05, 0.1) is 10.3 Å². The van der Waals surface area contributed by atoms with Gasteiger partial charge in [0, 0.05) is 36.7 Å². The molecule has 1 atom stereocenters. The monoisotopic (exact) mass is 363 g/mol. The van der Waals surface area contributed by atoms with E-state index in [0.717, 1.165) is 49.0 Å². The number of nitrogens with one attached hydrogen (secondary N) is 1. The number of rotatable bonds is 6. The van der Waals surface area contributed by atoms with Crippen molar-refractivity contribution in [3.63, 3.8) is 0 Å². The van der Waals surface area contributed by atoms with Gasteiger partial charge in [-0.15, -0.1) is 11.3 Å². The van der Waals surface area contributed by atoms with E-state index in [9.17, 15) is 4.79 Å². The smallest absolute Gasteiger partial charge is 0.222 e. The summed E-state index contributed by atoms with van der Waals surface area (Å²) in [5.74, 6) is -0.216. The average Bonchev–Trinajstić information content (AvgIpc) is 3.01. The summed E-state index contributed by atoms with van der Waals surface area (Å²) in [4.78, 5) is 14.9. The molecule has 0 spiro atoms. The maximum absolute atomic E-state index is 11.4. The van der Waals surface area contributed by atoms with Crippen LogP contribution in [0.3, 0.4) is 0 Å². The van der Waals surface area contributed by atoms with Crippen LogP contribution in [0.2, 0.25) is 4.34 Å². The van der Waals surface area contributed by atoms with Crippen LogP contribution < -0.4 is 16.0 Å². The standard InChI is InChI=1S/C18H22ClN3OS/c19-17-8-7-16(24-17)11-21-10-13-3-5-15(6-4-13)22-9-1-2-14(12-22)18(20)23/h3-8,14,21H,1-2,9-12H2,(H2,20,23)/t14-/m1/s1. The Balaban J connectivity index is 1.52. The van der Waals surface area contributed by atoms with Crippen molar-refractivity contribution >= 4 is 34.5 Å². The van der Waals surface area contributed by atoms with Crippen LogP contribution in [-0.4, -0.2) is 19.0 Å². The fourth-order valence-electron chi connectivity index (χ4n) is 3.05. The molecule has 1 amide bonds. The second-order valence-electron chi connectivity index (χ2n) is 6.16. The molecule has 1 aromatic heterocycles. The van der Waals surface area contributed by atoms with Gasteiger partial charge in [-0.1, -0.05) is 23.7 Å². The number of carbonyl (C=O) groups is 1. The van der Waals surface area contributed by atoms with Crippen molar-refractivity contribution in [3.05, 3.63) is 51.2 Å². The molecule has 2 aromatic rings. The molecule has 3 N–H and O–H groups in total. The van der Waals surface area contributed by atoms with E-state index in [4.69, 9.17) is 17.3 Å². The Morgan fingerprint density at radius 3 is 2.71 bits per heavy atom. The summed E-state index contributed by atoms with van der Waals surface area (Å²) < 4.78 is 0.826. The van der Waals surface area contributed by atoms with Crippen LogP contribution in [0.25, 0.3) is 0 Å². The predicted octanol–water partition coefficient (Wildman–Crippen LogP) is 3.39. The minimum absolute atomic E-state index is 0.0299. The number of anilines is 1. The normalized spacial score (nSPS) is 17.9. The summed E-state index contributed by atoms with van der Waals surface area (Å²) in [5, 5.41) is 3.43. The van der Waals surface area contributed by atoms with Gasteiger partial charge in [-0.25, -0.2) is 0 Å². The van der Waals surface area contributed by atoms with Crippen LogP contribution >= 0.6 is 22.9 Å². The molecule has 128 valence electrons. The minimum Gasteiger partial charge on any atom is -0.371 e. The summed E-state index contributed by atoms with van der Waals surface area (Å²) in [6.45, 7) is 3.36. The molecule has 2 heterocycles. The third kappa shape index (κ3) is 4.50. The zero-order chi connectivity index (χ0) is 16.9. The first-order valence-corrected chi connectivity index (χ1v) is 9.39. The highest BCUT2D eigenvalue weighted by molar-refractivity contribution is 7.16. The quantitative estimate of drug-likeness (QED) is 0.827. The number of benzene rings is 1. The maximum Gasteiger partial charge on any atom is 0.222 e. The van der Waals surface area contributed by atoms with Gasteiger partial charge < -0.3 is 16.0 Å². The molecule has 0 aliphatic carbocycles. The fraction of sp³-hybridized carbons (Fsp3) is 0.389. The molecule has 1 fully saturated rings. The second kappa shape index (κ2) is 8.01. The van der Waals surface area contributed by atoms with Crippen molar-refractivity contribution < 1.29 is 4.79 Å². The zero-order valence-corrected chi connectivity index (χ0v) is 15.1. The number of nitrogens with zero attached hydrogens (tertiary/aromatic N) is 1. The number of primary amides is 1. The van der Waals surface area contributed by atoms with E-state index in [1.165, 1.54) is 10.4 Å². The molecule has 3 rings (SSSR count). The lowest BCUT2D eigenvalue weighted by Crippen LogP contribution is -2.41. The van der Waals surface area contributed by atoms with Crippen molar-refractivity contribution in [1.82, 2.24) is 5.32 Å². The summed E-state index contributed by atoms with van der Waals surface area (Å²) in [6, 6.07) is 12.5. The van der Waals surface area contributed by atoms with Crippen LogP contribution in [-0.2, 0) is 17.9 Å².